The summed E-state index contributed by atoms with van der Waals surface area (Å²) < 4.78 is 48.8. The fourth-order valence-electron chi connectivity index (χ4n) is 11.5. The molecule has 306 valence electrons. The molecule has 4 aliphatic carbocycles. The summed E-state index contributed by atoms with van der Waals surface area (Å²) in [5.74, 6) is 2.69. The number of carbonyl (C=O) groups excluding carboxylic acids is 2. The monoisotopic (exact) mass is 789 g/mol. The molecule has 7 rings (SSSR count). The third-order valence-corrected chi connectivity index (χ3v) is 16.0. The molecule has 1 spiro atoms. The lowest BCUT2D eigenvalue weighted by Gasteiger charge is -2.54. The molecule has 10 atom stereocenters. The number of benzene rings is 2. The smallest absolute Gasteiger partial charge is 0.422 e. The lowest BCUT2D eigenvalue weighted by molar-refractivity contribution is -0.0459. The Labute approximate surface area is 334 Å². The van der Waals surface area contributed by atoms with Gasteiger partial charge >= 0.3 is 22.4 Å². The van der Waals surface area contributed by atoms with Crippen molar-refractivity contribution in [2.45, 2.75) is 130 Å². The van der Waals surface area contributed by atoms with E-state index in [2.05, 4.69) is 44.1 Å². The van der Waals surface area contributed by atoms with E-state index in [0.29, 0.717) is 42.7 Å². The molecule has 5 aliphatic rings. The first-order valence-electron chi connectivity index (χ1n) is 21.1. The molecule has 1 aliphatic heterocycles. The van der Waals surface area contributed by atoms with Crippen molar-refractivity contribution in [1.82, 2.24) is 14.3 Å². The molecule has 2 aromatic rings. The van der Waals surface area contributed by atoms with Crippen molar-refractivity contribution in [3.8, 4) is 0 Å². The van der Waals surface area contributed by atoms with Gasteiger partial charge in [-0.1, -0.05) is 106 Å². The topological polar surface area (TPSA) is 123 Å². The van der Waals surface area contributed by atoms with Crippen molar-refractivity contribution in [3.05, 3.63) is 82.9 Å². The fraction of sp³-hybridized carbons (Fsp3) is 0.644. The van der Waals surface area contributed by atoms with E-state index in [0.717, 1.165) is 75.3 Å². The maximum Gasteiger partial charge on any atom is 0.422 e. The summed E-state index contributed by atoms with van der Waals surface area (Å²) in [7, 11) is -4.06. The Kier molecular flexibility index (Phi) is 12.2. The van der Waals surface area contributed by atoms with Crippen LogP contribution in [0.1, 0.15) is 110 Å². The molecule has 0 radical (unpaired) electrons. The zero-order valence-corrected chi connectivity index (χ0v) is 34.8. The van der Waals surface area contributed by atoms with Crippen LogP contribution < -0.4 is 9.44 Å². The van der Waals surface area contributed by atoms with Crippen LogP contribution in [0, 0.1) is 40.9 Å². The largest absolute Gasteiger partial charge is 0.445 e. The minimum absolute atomic E-state index is 0.00205. The minimum Gasteiger partial charge on any atom is -0.445 e. The number of carbonyl (C=O) groups is 2. The van der Waals surface area contributed by atoms with E-state index in [4.69, 9.17) is 14.2 Å². The minimum atomic E-state index is -4.06. The van der Waals surface area contributed by atoms with E-state index >= 15 is 0 Å². The van der Waals surface area contributed by atoms with Crippen LogP contribution >= 0.6 is 0 Å². The Bertz CT molecular complexity index is 1840. The molecule has 4 fully saturated rings. The van der Waals surface area contributed by atoms with Gasteiger partial charge in [-0.15, -0.1) is 0 Å². The molecular weight excluding hydrogens is 727 g/mol. The molecule has 2 amide bonds. The van der Waals surface area contributed by atoms with Gasteiger partial charge in [0.25, 0.3) is 0 Å². The molecule has 1 saturated heterocycles. The Morgan fingerprint density at radius 2 is 1.64 bits per heavy atom. The Balaban J connectivity index is 0.980. The molecule has 2 aromatic carbocycles. The van der Waals surface area contributed by atoms with Gasteiger partial charge in [-0.3, -0.25) is 0 Å². The standard InChI is InChI=1S/C45H63N3O7S/c1-6-30(2)26-48(43(50)54-28-34-15-11-8-12-16-34)41-29-55-45(32(41)4)22-20-37-38-18-17-35-23-36(19-21-44(35,5)40(38)24-39(37)31(3)25-45)46-56(51,52)47-42(49)53-27-33-13-9-7-10-14-33/h7-16,30,32,35-38,40-41,46H,6,17-29H2,1-5H3,(H,47,49)/t30-,32+,35+,36+,37-,38-,40-,41+,44-,45-/m0/s1. The molecular formula is C45H63N3O7S. The molecule has 2 N–H and O–H groups in total. The van der Waals surface area contributed by atoms with Crippen molar-refractivity contribution in [2.24, 2.45) is 40.9 Å². The van der Waals surface area contributed by atoms with Gasteiger partial charge in [-0.2, -0.15) is 13.1 Å². The Morgan fingerprint density at radius 3 is 2.32 bits per heavy atom. The second kappa shape index (κ2) is 16.8. The number of amides is 2. The Hall–Kier alpha value is -3.41. The highest BCUT2D eigenvalue weighted by atomic mass is 32.2. The van der Waals surface area contributed by atoms with E-state index in [1.165, 1.54) is 5.57 Å². The fourth-order valence-corrected chi connectivity index (χ4v) is 12.5. The first-order chi connectivity index (χ1) is 26.8. The Morgan fingerprint density at radius 1 is 0.964 bits per heavy atom. The first-order valence-corrected chi connectivity index (χ1v) is 22.6. The molecule has 0 aromatic heterocycles. The molecule has 11 heteroatoms. The van der Waals surface area contributed by atoms with Crippen LogP contribution in [0.25, 0.3) is 0 Å². The summed E-state index contributed by atoms with van der Waals surface area (Å²) in [5, 5.41) is 0. The molecule has 3 saturated carbocycles. The highest BCUT2D eigenvalue weighted by molar-refractivity contribution is 7.88. The lowest BCUT2D eigenvalue weighted by Crippen LogP contribution is -2.52. The van der Waals surface area contributed by atoms with Crippen molar-refractivity contribution in [2.75, 3.05) is 13.2 Å². The van der Waals surface area contributed by atoms with E-state index in [1.54, 1.807) is 5.57 Å². The predicted molar refractivity (Wildman–Crippen MR) is 216 cm³/mol. The van der Waals surface area contributed by atoms with E-state index in [9.17, 15) is 18.0 Å². The van der Waals surface area contributed by atoms with Gasteiger partial charge in [0.2, 0.25) is 0 Å². The van der Waals surface area contributed by atoms with Crippen molar-refractivity contribution >= 4 is 22.4 Å². The van der Waals surface area contributed by atoms with Crippen LogP contribution in [0.15, 0.2) is 71.8 Å². The SMILES string of the molecule is CC[C@H](C)CN(C(=O)OCc1ccccc1)[C@@H]1CO[C@]2(CC[C@@H]3C(=C(C)C2)C[C@H]2[C@H]3CC[C@@H]3C[C@H](NS(=O)(=O)NC(=O)OCc4ccccc4)CC[C@@]32C)[C@@H]1C. The van der Waals surface area contributed by atoms with Crippen molar-refractivity contribution in [3.63, 3.8) is 0 Å². The lowest BCUT2D eigenvalue weighted by atomic mass is 9.52. The predicted octanol–water partition coefficient (Wildman–Crippen LogP) is 8.93. The van der Waals surface area contributed by atoms with E-state index < -0.39 is 16.3 Å². The van der Waals surface area contributed by atoms with Crippen LogP contribution in [-0.2, 0) is 37.6 Å². The van der Waals surface area contributed by atoms with Crippen LogP contribution in [0.4, 0.5) is 9.59 Å². The van der Waals surface area contributed by atoms with Crippen LogP contribution in [0.2, 0.25) is 0 Å². The summed E-state index contributed by atoms with van der Waals surface area (Å²) >= 11 is 0. The van der Waals surface area contributed by atoms with Crippen molar-refractivity contribution in [1.29, 1.82) is 0 Å². The second-order valence-corrected chi connectivity index (χ2v) is 19.5. The number of hydrogen-bond donors (Lipinski definition) is 2. The molecule has 10 nitrogen and oxygen atoms in total. The number of fused-ring (bicyclic) bond motifs is 5. The first kappa shape index (κ1) is 40.8. The number of rotatable bonds is 11. The highest BCUT2D eigenvalue weighted by Crippen LogP contribution is 2.65. The number of ether oxygens (including phenoxy) is 3. The maximum atomic E-state index is 13.7. The molecule has 0 bridgehead atoms. The third-order valence-electron chi connectivity index (χ3n) is 14.9. The third kappa shape index (κ3) is 8.56. The summed E-state index contributed by atoms with van der Waals surface area (Å²) in [5.41, 5.74) is 4.73. The van der Waals surface area contributed by atoms with Gasteiger partial charge in [0, 0.05) is 18.5 Å². The number of allylic oxidation sites excluding steroid dienone is 1. The summed E-state index contributed by atoms with van der Waals surface area (Å²) in [6, 6.07) is 18.8. The van der Waals surface area contributed by atoms with E-state index in [1.807, 2.05) is 65.6 Å². The highest BCUT2D eigenvalue weighted by Gasteiger charge is 2.58. The van der Waals surface area contributed by atoms with Crippen molar-refractivity contribution < 1.29 is 32.2 Å². The second-order valence-electron chi connectivity index (χ2n) is 18.1. The summed E-state index contributed by atoms with van der Waals surface area (Å²) in [4.78, 5) is 28.1. The zero-order chi connectivity index (χ0) is 39.7. The quantitative estimate of drug-likeness (QED) is 0.218. The van der Waals surface area contributed by atoms with Gasteiger partial charge in [0.1, 0.15) is 13.2 Å². The molecule has 1 heterocycles. The maximum absolute atomic E-state index is 13.7. The van der Waals surface area contributed by atoms with Gasteiger partial charge in [-0.25, -0.2) is 14.3 Å². The van der Waals surface area contributed by atoms with E-state index in [-0.39, 0.29) is 48.3 Å². The number of hydrogen-bond acceptors (Lipinski definition) is 7. The normalized spacial score (nSPS) is 33.1. The molecule has 56 heavy (non-hydrogen) atoms. The molecule has 0 unspecified atom stereocenters. The summed E-state index contributed by atoms with van der Waals surface area (Å²) in [6.07, 6.45) is 8.58. The summed E-state index contributed by atoms with van der Waals surface area (Å²) in [6.45, 7) is 12.9. The van der Waals surface area contributed by atoms with Crippen LogP contribution in [0.3, 0.4) is 0 Å². The number of nitrogens with one attached hydrogen (secondary N) is 2. The van der Waals surface area contributed by atoms with Gasteiger partial charge in [0.05, 0.1) is 18.2 Å². The van der Waals surface area contributed by atoms with Gasteiger partial charge in [-0.05, 0) is 111 Å². The van der Waals surface area contributed by atoms with Gasteiger partial charge < -0.3 is 19.1 Å². The average molecular weight is 790 g/mol. The number of nitrogens with zero attached hydrogens (tertiary/aromatic N) is 1. The average Bonchev–Trinajstić information content (AvgIpc) is 3.68. The van der Waals surface area contributed by atoms with Gasteiger partial charge in [0.15, 0.2) is 0 Å². The van der Waals surface area contributed by atoms with Crippen LogP contribution in [-0.4, -0.2) is 56.3 Å². The zero-order valence-electron chi connectivity index (χ0n) is 34.0. The van der Waals surface area contributed by atoms with Crippen LogP contribution in [0.5, 0.6) is 0 Å².